The van der Waals surface area contributed by atoms with Crippen molar-refractivity contribution in [2.45, 2.75) is 25.3 Å². The lowest BCUT2D eigenvalue weighted by molar-refractivity contribution is 0.500. The molecule has 4 nitrogen and oxygen atoms in total. The zero-order valence-electron chi connectivity index (χ0n) is 8.41. The minimum atomic E-state index is 0.482. The van der Waals surface area contributed by atoms with Gasteiger partial charge in [-0.05, 0) is 24.3 Å². The summed E-state index contributed by atoms with van der Waals surface area (Å²) in [6, 6.07) is 1.02. The Labute approximate surface area is 98.2 Å². The van der Waals surface area contributed by atoms with Crippen LogP contribution in [0.5, 0.6) is 0 Å². The third-order valence-electron chi connectivity index (χ3n) is 2.32. The van der Waals surface area contributed by atoms with Crippen LogP contribution < -0.4 is 5.32 Å². The average molecular weight is 248 g/mol. The van der Waals surface area contributed by atoms with Crippen molar-refractivity contribution in [1.29, 1.82) is 0 Å². The van der Waals surface area contributed by atoms with E-state index in [0.717, 1.165) is 12.8 Å². The van der Waals surface area contributed by atoms with Gasteiger partial charge in [0.05, 0.1) is 0 Å². The van der Waals surface area contributed by atoms with Gasteiger partial charge in [-0.3, -0.25) is 0 Å². The summed E-state index contributed by atoms with van der Waals surface area (Å²) in [7, 11) is 0. The van der Waals surface area contributed by atoms with Gasteiger partial charge in [0.2, 0.25) is 5.89 Å². The second kappa shape index (κ2) is 5.61. The minimum absolute atomic E-state index is 0.482. The molecule has 1 N–H and O–H groups in total. The summed E-state index contributed by atoms with van der Waals surface area (Å²) >= 11 is 7.58. The van der Waals surface area contributed by atoms with Crippen LogP contribution in [0, 0.1) is 0 Å². The van der Waals surface area contributed by atoms with Crippen molar-refractivity contribution in [2.24, 2.45) is 0 Å². The van der Waals surface area contributed by atoms with E-state index in [1.165, 1.54) is 11.5 Å². The molecule has 6 heteroatoms. The predicted octanol–water partition coefficient (Wildman–Crippen LogP) is 2.16. The first-order valence-electron chi connectivity index (χ1n) is 5.11. The Balaban J connectivity index is 1.86. The third-order valence-corrected chi connectivity index (χ3v) is 3.56. The van der Waals surface area contributed by atoms with Crippen molar-refractivity contribution in [1.82, 2.24) is 10.2 Å². The molecule has 84 valence electrons. The molecule has 0 unspecified atom stereocenters. The van der Waals surface area contributed by atoms with Crippen LogP contribution in [0.3, 0.4) is 0 Å². The van der Waals surface area contributed by atoms with Crippen LogP contribution in [0.1, 0.15) is 18.7 Å². The molecule has 0 atom stereocenters. The van der Waals surface area contributed by atoms with E-state index in [0.29, 0.717) is 30.2 Å². The SMILES string of the molecule is ClCCc1nnc(NC2CCSCC2)o1. The van der Waals surface area contributed by atoms with E-state index in [1.807, 2.05) is 11.8 Å². The first kappa shape index (κ1) is 11.1. The van der Waals surface area contributed by atoms with Crippen LogP contribution >= 0.6 is 23.4 Å². The predicted molar refractivity (Wildman–Crippen MR) is 62.7 cm³/mol. The van der Waals surface area contributed by atoms with E-state index in [9.17, 15) is 0 Å². The first-order chi connectivity index (χ1) is 7.38. The first-order valence-corrected chi connectivity index (χ1v) is 6.80. The maximum Gasteiger partial charge on any atom is 0.315 e. The molecule has 0 saturated carbocycles. The Kier molecular flexibility index (Phi) is 4.14. The Bertz CT molecular complexity index is 301. The molecule has 1 aliphatic rings. The highest BCUT2D eigenvalue weighted by Crippen LogP contribution is 2.20. The zero-order valence-corrected chi connectivity index (χ0v) is 9.98. The summed E-state index contributed by atoms with van der Waals surface area (Å²) in [4.78, 5) is 0. The Morgan fingerprint density at radius 3 is 2.93 bits per heavy atom. The fraction of sp³-hybridized carbons (Fsp3) is 0.778. The molecule has 1 fully saturated rings. The van der Waals surface area contributed by atoms with Gasteiger partial charge >= 0.3 is 6.01 Å². The van der Waals surface area contributed by atoms with E-state index in [4.69, 9.17) is 16.0 Å². The highest BCUT2D eigenvalue weighted by molar-refractivity contribution is 7.99. The molecule has 2 rings (SSSR count). The summed E-state index contributed by atoms with van der Waals surface area (Å²) < 4.78 is 5.40. The third kappa shape index (κ3) is 3.28. The van der Waals surface area contributed by atoms with Gasteiger partial charge in [-0.15, -0.1) is 16.7 Å². The zero-order chi connectivity index (χ0) is 10.5. The van der Waals surface area contributed by atoms with Gasteiger partial charge in [-0.1, -0.05) is 5.10 Å². The summed E-state index contributed by atoms with van der Waals surface area (Å²) in [5.74, 6) is 3.54. The number of alkyl halides is 1. The molecule has 1 saturated heterocycles. The molecule has 15 heavy (non-hydrogen) atoms. The van der Waals surface area contributed by atoms with Crippen molar-refractivity contribution in [3.8, 4) is 0 Å². The molecule has 0 aliphatic carbocycles. The number of halogens is 1. The number of rotatable bonds is 4. The number of hydrogen-bond donors (Lipinski definition) is 1. The lowest BCUT2D eigenvalue weighted by atomic mass is 10.2. The Morgan fingerprint density at radius 2 is 2.20 bits per heavy atom. The smallest absolute Gasteiger partial charge is 0.315 e. The van der Waals surface area contributed by atoms with Crippen LogP contribution in [0.15, 0.2) is 4.42 Å². The van der Waals surface area contributed by atoms with E-state index in [2.05, 4.69) is 15.5 Å². The number of nitrogens with one attached hydrogen (secondary N) is 1. The molecule has 1 aromatic rings. The molecule has 1 aromatic heterocycles. The van der Waals surface area contributed by atoms with E-state index >= 15 is 0 Å². The molecule has 0 radical (unpaired) electrons. The fourth-order valence-electron chi connectivity index (χ4n) is 1.51. The van der Waals surface area contributed by atoms with Crippen LogP contribution in [0.4, 0.5) is 6.01 Å². The maximum absolute atomic E-state index is 5.59. The van der Waals surface area contributed by atoms with Crippen molar-refractivity contribution < 1.29 is 4.42 Å². The summed E-state index contributed by atoms with van der Waals surface area (Å²) in [6.07, 6.45) is 2.96. The molecule has 0 bridgehead atoms. The number of thioether (sulfide) groups is 1. The monoisotopic (exact) mass is 247 g/mol. The summed E-state index contributed by atoms with van der Waals surface area (Å²) in [5, 5.41) is 11.1. The number of nitrogens with zero attached hydrogens (tertiary/aromatic N) is 2. The van der Waals surface area contributed by atoms with Crippen molar-refractivity contribution in [3.05, 3.63) is 5.89 Å². The molecule has 0 aromatic carbocycles. The van der Waals surface area contributed by atoms with Crippen LogP contribution in [-0.2, 0) is 6.42 Å². The minimum Gasteiger partial charge on any atom is -0.408 e. The Morgan fingerprint density at radius 1 is 1.40 bits per heavy atom. The Hall–Kier alpha value is -0.420. The van der Waals surface area contributed by atoms with Crippen LogP contribution in [0.2, 0.25) is 0 Å². The standard InChI is InChI=1S/C9H14ClN3OS/c10-4-1-8-12-13-9(14-8)11-7-2-5-15-6-3-7/h7H,1-6H2,(H,11,13). The van der Waals surface area contributed by atoms with Gasteiger partial charge in [0.15, 0.2) is 0 Å². The second-order valence-corrected chi connectivity index (χ2v) is 5.07. The van der Waals surface area contributed by atoms with E-state index < -0.39 is 0 Å². The molecule has 2 heterocycles. The van der Waals surface area contributed by atoms with Crippen molar-refractivity contribution >= 4 is 29.4 Å². The van der Waals surface area contributed by atoms with Gasteiger partial charge in [0, 0.05) is 18.3 Å². The largest absolute Gasteiger partial charge is 0.408 e. The number of anilines is 1. The lowest BCUT2D eigenvalue weighted by Crippen LogP contribution is -2.24. The molecule has 1 aliphatic heterocycles. The molecular formula is C9H14ClN3OS. The van der Waals surface area contributed by atoms with Crippen molar-refractivity contribution in [2.75, 3.05) is 22.7 Å². The molecule has 0 spiro atoms. The number of aryl methyl sites for hydroxylation is 1. The molecular weight excluding hydrogens is 234 g/mol. The summed E-state index contributed by atoms with van der Waals surface area (Å²) in [5.41, 5.74) is 0. The van der Waals surface area contributed by atoms with Gasteiger partial charge in [-0.25, -0.2) is 0 Å². The van der Waals surface area contributed by atoms with Gasteiger partial charge in [0.25, 0.3) is 0 Å². The van der Waals surface area contributed by atoms with E-state index in [1.54, 1.807) is 0 Å². The second-order valence-electron chi connectivity index (χ2n) is 3.47. The van der Waals surface area contributed by atoms with Crippen LogP contribution in [0.25, 0.3) is 0 Å². The highest BCUT2D eigenvalue weighted by Gasteiger charge is 2.15. The lowest BCUT2D eigenvalue weighted by Gasteiger charge is -2.20. The van der Waals surface area contributed by atoms with Gasteiger partial charge in [-0.2, -0.15) is 11.8 Å². The highest BCUT2D eigenvalue weighted by atomic mass is 35.5. The number of hydrogen-bond acceptors (Lipinski definition) is 5. The van der Waals surface area contributed by atoms with Crippen molar-refractivity contribution in [3.63, 3.8) is 0 Å². The maximum atomic E-state index is 5.59. The quantitative estimate of drug-likeness (QED) is 0.827. The number of aromatic nitrogens is 2. The van der Waals surface area contributed by atoms with Gasteiger partial charge < -0.3 is 9.73 Å². The average Bonchev–Trinajstić information content (AvgIpc) is 2.68. The normalized spacial score (nSPS) is 17.9. The molecule has 0 amide bonds. The van der Waals surface area contributed by atoms with Crippen LogP contribution in [-0.4, -0.2) is 33.6 Å². The van der Waals surface area contributed by atoms with E-state index in [-0.39, 0.29) is 0 Å². The van der Waals surface area contributed by atoms with Gasteiger partial charge in [0.1, 0.15) is 0 Å². The topological polar surface area (TPSA) is 51.0 Å². The summed E-state index contributed by atoms with van der Waals surface area (Å²) in [6.45, 7) is 0. The fourth-order valence-corrected chi connectivity index (χ4v) is 2.78.